The number of rotatable bonds is 4. The number of carbonyl (C=O) groups is 1. The minimum atomic E-state index is -0.540. The van der Waals surface area contributed by atoms with Crippen molar-refractivity contribution in [3.63, 3.8) is 0 Å². The highest BCUT2D eigenvalue weighted by Crippen LogP contribution is 2.13. The second kappa shape index (κ2) is 6.74. The number of aryl methyl sites for hydroxylation is 1. The van der Waals surface area contributed by atoms with Gasteiger partial charge in [0.05, 0.1) is 23.5 Å². The van der Waals surface area contributed by atoms with E-state index in [1.54, 1.807) is 37.3 Å². The fourth-order valence-electron chi connectivity index (χ4n) is 1.79. The van der Waals surface area contributed by atoms with E-state index in [9.17, 15) is 9.59 Å². The van der Waals surface area contributed by atoms with Crippen molar-refractivity contribution in [3.8, 4) is 11.8 Å². The molecular weight excluding hydrogens is 306 g/mol. The average molecular weight is 318 g/mol. The van der Waals surface area contributed by atoms with Crippen LogP contribution >= 0.6 is 11.6 Å². The van der Waals surface area contributed by atoms with Crippen LogP contribution in [0.2, 0.25) is 5.02 Å². The molecular formula is C14H12ClN5O2. The average Bonchev–Trinajstić information content (AvgIpc) is 2.75. The number of carbonyl (C=O) groups excluding carboxylic acids is 1. The van der Waals surface area contributed by atoms with Crippen LogP contribution in [0.4, 0.5) is 0 Å². The summed E-state index contributed by atoms with van der Waals surface area (Å²) in [6.45, 7) is 1.71. The number of H-pyrrole nitrogens is 1. The Hall–Kier alpha value is -2.85. The van der Waals surface area contributed by atoms with Crippen LogP contribution in [0.1, 0.15) is 17.7 Å². The molecule has 8 heteroatoms. The van der Waals surface area contributed by atoms with E-state index in [4.69, 9.17) is 16.9 Å². The Kier molecular flexibility index (Phi) is 4.76. The highest BCUT2D eigenvalue weighted by atomic mass is 35.5. The van der Waals surface area contributed by atoms with Gasteiger partial charge in [0.1, 0.15) is 6.42 Å². The van der Waals surface area contributed by atoms with E-state index in [-0.39, 0.29) is 12.0 Å². The van der Waals surface area contributed by atoms with Gasteiger partial charge < -0.3 is 0 Å². The Morgan fingerprint density at radius 3 is 3.05 bits per heavy atom. The molecule has 0 aliphatic rings. The topological polar surface area (TPSA) is 103 Å². The molecule has 1 heterocycles. The van der Waals surface area contributed by atoms with Crippen molar-refractivity contribution in [2.24, 2.45) is 5.10 Å². The number of amides is 1. The van der Waals surface area contributed by atoms with E-state index in [0.29, 0.717) is 22.0 Å². The Balaban J connectivity index is 2.29. The lowest BCUT2D eigenvalue weighted by atomic mass is 10.3. The predicted molar refractivity (Wildman–Crippen MR) is 82.1 cm³/mol. The molecule has 0 aliphatic carbocycles. The highest BCUT2D eigenvalue weighted by molar-refractivity contribution is 6.30. The molecule has 0 atom stereocenters. The van der Waals surface area contributed by atoms with E-state index in [0.717, 1.165) is 0 Å². The summed E-state index contributed by atoms with van der Waals surface area (Å²) in [4.78, 5) is 23.4. The molecule has 0 unspecified atom stereocenters. The van der Waals surface area contributed by atoms with Gasteiger partial charge >= 0.3 is 0 Å². The minimum Gasteiger partial charge on any atom is -0.295 e. The zero-order valence-electron chi connectivity index (χ0n) is 11.6. The summed E-state index contributed by atoms with van der Waals surface area (Å²) >= 11 is 5.91. The summed E-state index contributed by atoms with van der Waals surface area (Å²) in [6, 6.07) is 8.52. The van der Waals surface area contributed by atoms with Gasteiger partial charge in [-0.15, -0.1) is 0 Å². The lowest BCUT2D eigenvalue weighted by Crippen LogP contribution is -2.19. The molecule has 0 saturated carbocycles. The SMILES string of the molecule is Cc1[nH]n(-c2cccc(Cl)c2)c(=O)c1C=NNC(=O)CC#N. The number of nitrogens with zero attached hydrogens (tertiary/aromatic N) is 3. The zero-order valence-corrected chi connectivity index (χ0v) is 12.4. The second-order valence-corrected chi connectivity index (χ2v) is 4.84. The van der Waals surface area contributed by atoms with Gasteiger partial charge in [-0.05, 0) is 25.1 Å². The number of halogens is 1. The Morgan fingerprint density at radius 2 is 2.36 bits per heavy atom. The third-order valence-electron chi connectivity index (χ3n) is 2.81. The zero-order chi connectivity index (χ0) is 16.1. The number of hydrogen-bond acceptors (Lipinski definition) is 4. The summed E-state index contributed by atoms with van der Waals surface area (Å²) in [7, 11) is 0. The fraction of sp³-hybridized carbons (Fsp3) is 0.143. The normalized spacial score (nSPS) is 10.6. The lowest BCUT2D eigenvalue weighted by molar-refractivity contribution is -0.120. The van der Waals surface area contributed by atoms with Crippen LogP contribution in [0.5, 0.6) is 0 Å². The smallest absolute Gasteiger partial charge is 0.280 e. The van der Waals surface area contributed by atoms with E-state index in [1.807, 2.05) is 0 Å². The molecule has 0 radical (unpaired) electrons. The molecule has 1 aromatic heterocycles. The highest BCUT2D eigenvalue weighted by Gasteiger charge is 2.11. The maximum absolute atomic E-state index is 12.3. The first kappa shape index (κ1) is 15.5. The van der Waals surface area contributed by atoms with Gasteiger partial charge in [0.15, 0.2) is 0 Å². The van der Waals surface area contributed by atoms with E-state index in [2.05, 4.69) is 15.6 Å². The first-order valence-electron chi connectivity index (χ1n) is 6.29. The number of benzene rings is 1. The van der Waals surface area contributed by atoms with Gasteiger partial charge in [-0.1, -0.05) is 17.7 Å². The van der Waals surface area contributed by atoms with Crippen molar-refractivity contribution >= 4 is 23.7 Å². The van der Waals surface area contributed by atoms with Gasteiger partial charge in [-0.25, -0.2) is 10.1 Å². The fourth-order valence-corrected chi connectivity index (χ4v) is 1.97. The molecule has 0 saturated heterocycles. The molecule has 2 rings (SSSR count). The summed E-state index contributed by atoms with van der Waals surface area (Å²) in [5.41, 5.74) is 3.33. The lowest BCUT2D eigenvalue weighted by Gasteiger charge is -2.01. The molecule has 1 amide bonds. The van der Waals surface area contributed by atoms with Crippen LogP contribution in [0, 0.1) is 18.3 Å². The quantitative estimate of drug-likeness (QED) is 0.659. The molecule has 0 fully saturated rings. The van der Waals surface area contributed by atoms with Crippen molar-refractivity contribution in [1.82, 2.24) is 15.2 Å². The minimum absolute atomic E-state index is 0.295. The standard InChI is InChI=1S/C14H12ClN5O2/c1-9-12(8-17-18-13(21)5-6-16)14(22)20(19-9)11-4-2-3-10(15)7-11/h2-4,7-8,19H,5H2,1H3,(H,18,21). The largest absolute Gasteiger partial charge is 0.295 e. The van der Waals surface area contributed by atoms with E-state index < -0.39 is 5.91 Å². The van der Waals surface area contributed by atoms with Gasteiger partial charge in [0, 0.05) is 10.7 Å². The van der Waals surface area contributed by atoms with Gasteiger partial charge in [0.2, 0.25) is 0 Å². The summed E-state index contributed by atoms with van der Waals surface area (Å²) < 4.78 is 1.33. The Bertz CT molecular complexity index is 828. The molecule has 0 aliphatic heterocycles. The van der Waals surface area contributed by atoms with Crippen molar-refractivity contribution in [3.05, 3.63) is 50.9 Å². The van der Waals surface area contributed by atoms with Crippen LogP contribution in [0.3, 0.4) is 0 Å². The molecule has 1 aromatic carbocycles. The Labute approximate surface area is 130 Å². The monoisotopic (exact) mass is 317 g/mol. The maximum Gasteiger partial charge on any atom is 0.280 e. The number of nitrogens with one attached hydrogen (secondary N) is 2. The summed E-state index contributed by atoms with van der Waals surface area (Å²) in [6.07, 6.45) is 0.945. The molecule has 22 heavy (non-hydrogen) atoms. The van der Waals surface area contributed by atoms with Crippen LogP contribution in [0.15, 0.2) is 34.2 Å². The van der Waals surface area contributed by atoms with Crippen LogP contribution in [-0.4, -0.2) is 21.9 Å². The van der Waals surface area contributed by atoms with Gasteiger partial charge in [0.25, 0.3) is 11.5 Å². The first-order valence-corrected chi connectivity index (χ1v) is 6.67. The third-order valence-corrected chi connectivity index (χ3v) is 3.04. The molecule has 2 N–H and O–H groups in total. The molecule has 7 nitrogen and oxygen atoms in total. The van der Waals surface area contributed by atoms with Gasteiger partial charge in [-0.3, -0.25) is 14.7 Å². The maximum atomic E-state index is 12.3. The number of aromatic nitrogens is 2. The van der Waals surface area contributed by atoms with Crippen LogP contribution in [0.25, 0.3) is 5.69 Å². The van der Waals surface area contributed by atoms with Gasteiger partial charge in [-0.2, -0.15) is 10.4 Å². The van der Waals surface area contributed by atoms with Crippen LogP contribution in [-0.2, 0) is 4.79 Å². The summed E-state index contributed by atoms with van der Waals surface area (Å²) in [5.74, 6) is -0.540. The van der Waals surface area contributed by atoms with Crippen LogP contribution < -0.4 is 11.0 Å². The molecule has 2 aromatic rings. The summed E-state index contributed by atoms with van der Waals surface area (Å²) in [5, 5.41) is 15.5. The molecule has 0 bridgehead atoms. The number of hydrogen-bond donors (Lipinski definition) is 2. The third kappa shape index (κ3) is 3.42. The Morgan fingerprint density at radius 1 is 1.59 bits per heavy atom. The van der Waals surface area contributed by atoms with E-state index in [1.165, 1.54) is 10.9 Å². The van der Waals surface area contributed by atoms with E-state index >= 15 is 0 Å². The number of nitriles is 1. The van der Waals surface area contributed by atoms with Crippen molar-refractivity contribution in [1.29, 1.82) is 5.26 Å². The number of hydrazone groups is 1. The molecule has 0 spiro atoms. The van der Waals surface area contributed by atoms with Crippen molar-refractivity contribution in [2.75, 3.05) is 0 Å². The molecule has 112 valence electrons. The second-order valence-electron chi connectivity index (χ2n) is 4.40. The predicted octanol–water partition coefficient (Wildman–Crippen LogP) is 1.49. The van der Waals surface area contributed by atoms with Crippen molar-refractivity contribution < 1.29 is 4.79 Å². The number of aromatic amines is 1. The van der Waals surface area contributed by atoms with Crippen molar-refractivity contribution in [2.45, 2.75) is 13.3 Å². The first-order chi connectivity index (χ1) is 10.5.